The third kappa shape index (κ3) is 3.60. The predicted molar refractivity (Wildman–Crippen MR) is 69.2 cm³/mol. The minimum absolute atomic E-state index is 0.289. The summed E-state index contributed by atoms with van der Waals surface area (Å²) < 4.78 is 18.2. The first-order valence-corrected chi connectivity index (χ1v) is 6.38. The van der Waals surface area contributed by atoms with Gasteiger partial charge in [-0.2, -0.15) is 4.98 Å². The van der Waals surface area contributed by atoms with Crippen LogP contribution < -0.4 is 5.32 Å². The van der Waals surface area contributed by atoms with Crippen LogP contribution in [-0.2, 0) is 6.42 Å². The fourth-order valence-corrected chi connectivity index (χ4v) is 2.02. The van der Waals surface area contributed by atoms with Gasteiger partial charge in [-0.3, -0.25) is 4.79 Å². The number of hydrogen-bond acceptors (Lipinski definition) is 4. The Labute approximate surface area is 117 Å². The van der Waals surface area contributed by atoms with Gasteiger partial charge in [0, 0.05) is 17.4 Å². The zero-order valence-corrected chi connectivity index (χ0v) is 11.7. The molecule has 2 rings (SSSR count). The van der Waals surface area contributed by atoms with Crippen molar-refractivity contribution in [2.24, 2.45) is 0 Å². The Morgan fingerprint density at radius 2 is 2.32 bits per heavy atom. The largest absolute Gasteiger partial charge is 0.351 e. The summed E-state index contributed by atoms with van der Waals surface area (Å²) in [6, 6.07) is 3.91. The number of nitrogens with one attached hydrogen (secondary N) is 1. The topological polar surface area (TPSA) is 68.0 Å². The number of aryl methyl sites for hydroxylation is 1. The van der Waals surface area contributed by atoms with Gasteiger partial charge in [-0.1, -0.05) is 5.16 Å². The lowest BCUT2D eigenvalue weighted by molar-refractivity contribution is 0.0952. The molecule has 0 unspecified atom stereocenters. The smallest absolute Gasteiger partial charge is 0.252 e. The highest BCUT2D eigenvalue weighted by molar-refractivity contribution is 9.10. The number of amides is 1. The molecule has 0 spiro atoms. The van der Waals surface area contributed by atoms with Gasteiger partial charge in [0.2, 0.25) is 5.89 Å². The molecule has 1 heterocycles. The molecule has 0 saturated heterocycles. The monoisotopic (exact) mass is 327 g/mol. The Morgan fingerprint density at radius 3 is 2.95 bits per heavy atom. The van der Waals surface area contributed by atoms with Crippen molar-refractivity contribution in [3.8, 4) is 0 Å². The first kappa shape index (κ1) is 13.7. The predicted octanol–water partition coefficient (Wildman–Crippen LogP) is 2.25. The quantitative estimate of drug-likeness (QED) is 0.935. The minimum atomic E-state index is -0.398. The average Bonchev–Trinajstić information content (AvgIpc) is 2.75. The van der Waals surface area contributed by atoms with Crippen molar-refractivity contribution in [3.05, 3.63) is 45.8 Å². The second kappa shape index (κ2) is 5.92. The van der Waals surface area contributed by atoms with E-state index in [9.17, 15) is 9.18 Å². The van der Waals surface area contributed by atoms with Crippen LogP contribution in [0.3, 0.4) is 0 Å². The van der Waals surface area contributed by atoms with Crippen molar-refractivity contribution in [1.29, 1.82) is 0 Å². The molecule has 0 aliphatic rings. The summed E-state index contributed by atoms with van der Waals surface area (Å²) in [6.45, 7) is 2.09. The van der Waals surface area contributed by atoms with Crippen molar-refractivity contribution >= 4 is 21.8 Å². The molecule has 1 aromatic carbocycles. The van der Waals surface area contributed by atoms with Crippen molar-refractivity contribution in [1.82, 2.24) is 15.5 Å². The highest BCUT2D eigenvalue weighted by atomic mass is 79.9. The highest BCUT2D eigenvalue weighted by Gasteiger charge is 2.11. The first-order chi connectivity index (χ1) is 9.06. The molecule has 5 nitrogen and oxygen atoms in total. The molecule has 0 aliphatic heterocycles. The summed E-state index contributed by atoms with van der Waals surface area (Å²) in [5.41, 5.74) is 0.378. The number of nitrogens with zero attached hydrogens (tertiary/aromatic N) is 2. The van der Waals surface area contributed by atoms with Crippen LogP contribution >= 0.6 is 15.9 Å². The van der Waals surface area contributed by atoms with Crippen LogP contribution in [0.25, 0.3) is 0 Å². The number of halogens is 2. The molecule has 7 heteroatoms. The fraction of sp³-hybridized carbons (Fsp3) is 0.250. The van der Waals surface area contributed by atoms with E-state index in [2.05, 4.69) is 31.4 Å². The van der Waals surface area contributed by atoms with Gasteiger partial charge in [-0.25, -0.2) is 4.39 Å². The molecule has 0 bridgehead atoms. The van der Waals surface area contributed by atoms with E-state index in [1.54, 1.807) is 6.92 Å². The van der Waals surface area contributed by atoms with E-state index in [0.29, 0.717) is 34.7 Å². The minimum Gasteiger partial charge on any atom is -0.351 e. The average molecular weight is 328 g/mol. The van der Waals surface area contributed by atoms with E-state index in [1.807, 2.05) is 0 Å². The van der Waals surface area contributed by atoms with Crippen molar-refractivity contribution in [3.63, 3.8) is 0 Å². The van der Waals surface area contributed by atoms with Gasteiger partial charge >= 0.3 is 0 Å². The van der Waals surface area contributed by atoms with Gasteiger partial charge < -0.3 is 9.84 Å². The van der Waals surface area contributed by atoms with Crippen LogP contribution in [-0.4, -0.2) is 22.6 Å². The van der Waals surface area contributed by atoms with Gasteiger partial charge in [0.15, 0.2) is 5.82 Å². The Kier molecular flexibility index (Phi) is 4.26. The van der Waals surface area contributed by atoms with Crippen molar-refractivity contribution < 1.29 is 13.7 Å². The van der Waals surface area contributed by atoms with E-state index in [-0.39, 0.29) is 5.91 Å². The molecule has 100 valence electrons. The van der Waals surface area contributed by atoms with Crippen LogP contribution in [0.2, 0.25) is 0 Å². The number of carbonyl (C=O) groups is 1. The lowest BCUT2D eigenvalue weighted by Gasteiger charge is -2.05. The Balaban J connectivity index is 1.90. The van der Waals surface area contributed by atoms with E-state index in [1.165, 1.54) is 18.2 Å². The molecule has 0 saturated carbocycles. The lowest BCUT2D eigenvalue weighted by atomic mass is 10.2. The molecule has 1 amide bonds. The fourth-order valence-electron chi connectivity index (χ4n) is 1.49. The van der Waals surface area contributed by atoms with E-state index in [4.69, 9.17) is 4.52 Å². The van der Waals surface area contributed by atoms with E-state index < -0.39 is 5.82 Å². The van der Waals surface area contributed by atoms with Gasteiger partial charge in [0.1, 0.15) is 5.82 Å². The number of hydrogen-bond donors (Lipinski definition) is 1. The van der Waals surface area contributed by atoms with Crippen LogP contribution in [0.4, 0.5) is 4.39 Å². The Hall–Kier alpha value is -1.76. The number of carbonyl (C=O) groups excluding carboxylic acids is 1. The summed E-state index contributed by atoms with van der Waals surface area (Å²) in [5.74, 6) is 0.339. The standard InChI is InChI=1S/C12H11BrFN3O2/c1-7-16-11(19-17-7)4-5-15-12(18)9-3-2-8(14)6-10(9)13/h2-3,6H,4-5H2,1H3,(H,15,18). The Morgan fingerprint density at radius 1 is 1.53 bits per heavy atom. The van der Waals surface area contributed by atoms with Gasteiger partial charge in [0.05, 0.1) is 5.56 Å². The van der Waals surface area contributed by atoms with E-state index in [0.717, 1.165) is 0 Å². The molecule has 0 radical (unpaired) electrons. The molecule has 2 aromatic rings. The number of rotatable bonds is 4. The van der Waals surface area contributed by atoms with Crippen LogP contribution in [0.5, 0.6) is 0 Å². The zero-order valence-electron chi connectivity index (χ0n) is 10.1. The van der Waals surface area contributed by atoms with Gasteiger partial charge in [0.25, 0.3) is 5.91 Å². The Bertz CT molecular complexity index is 600. The SMILES string of the molecule is Cc1noc(CCNC(=O)c2ccc(F)cc2Br)n1. The third-order valence-electron chi connectivity index (χ3n) is 2.37. The molecular weight excluding hydrogens is 317 g/mol. The van der Waals surface area contributed by atoms with Crippen LogP contribution in [0, 0.1) is 12.7 Å². The lowest BCUT2D eigenvalue weighted by Crippen LogP contribution is -2.26. The van der Waals surface area contributed by atoms with Gasteiger partial charge in [-0.15, -0.1) is 0 Å². The summed E-state index contributed by atoms with van der Waals surface area (Å²) >= 11 is 3.15. The molecule has 0 fully saturated rings. The second-order valence-electron chi connectivity index (χ2n) is 3.87. The first-order valence-electron chi connectivity index (χ1n) is 5.58. The maximum absolute atomic E-state index is 12.9. The molecular formula is C12H11BrFN3O2. The molecule has 1 aromatic heterocycles. The second-order valence-corrected chi connectivity index (χ2v) is 4.72. The van der Waals surface area contributed by atoms with Crippen LogP contribution in [0.1, 0.15) is 22.1 Å². The third-order valence-corrected chi connectivity index (χ3v) is 3.03. The maximum atomic E-state index is 12.9. The van der Waals surface area contributed by atoms with Crippen LogP contribution in [0.15, 0.2) is 27.2 Å². The number of benzene rings is 1. The highest BCUT2D eigenvalue weighted by Crippen LogP contribution is 2.17. The molecule has 1 N–H and O–H groups in total. The summed E-state index contributed by atoms with van der Waals surface area (Å²) in [5, 5.41) is 6.35. The molecule has 19 heavy (non-hydrogen) atoms. The van der Waals surface area contributed by atoms with E-state index >= 15 is 0 Å². The van der Waals surface area contributed by atoms with Crippen molar-refractivity contribution in [2.45, 2.75) is 13.3 Å². The molecule has 0 atom stereocenters. The normalized spacial score (nSPS) is 10.5. The summed E-state index contributed by atoms with van der Waals surface area (Å²) in [7, 11) is 0. The van der Waals surface area contributed by atoms with Gasteiger partial charge in [-0.05, 0) is 41.1 Å². The summed E-state index contributed by atoms with van der Waals surface area (Å²) in [4.78, 5) is 15.9. The maximum Gasteiger partial charge on any atom is 0.252 e. The molecule has 0 aliphatic carbocycles. The number of aromatic nitrogens is 2. The van der Waals surface area contributed by atoms with Crippen molar-refractivity contribution in [2.75, 3.05) is 6.54 Å². The summed E-state index contributed by atoms with van der Waals surface area (Å²) in [6.07, 6.45) is 0.450. The zero-order chi connectivity index (χ0) is 13.8.